The summed E-state index contributed by atoms with van der Waals surface area (Å²) in [5, 5.41) is 5.23. The number of fused-ring (bicyclic) bond motifs is 1. The molecule has 3 aromatic carbocycles. The van der Waals surface area contributed by atoms with Gasteiger partial charge in [-0.05, 0) is 71.2 Å². The van der Waals surface area contributed by atoms with Crippen LogP contribution in [0.3, 0.4) is 0 Å². The highest BCUT2D eigenvalue weighted by molar-refractivity contribution is 6.04. The van der Waals surface area contributed by atoms with E-state index in [1.807, 2.05) is 30.3 Å². The van der Waals surface area contributed by atoms with Crippen molar-refractivity contribution in [2.45, 2.75) is 76.5 Å². The number of ether oxygens (including phenoxy) is 1. The predicted octanol–water partition coefficient (Wildman–Crippen LogP) is 3.21. The monoisotopic (exact) mass is 570 g/mol. The van der Waals surface area contributed by atoms with Gasteiger partial charge in [0.1, 0.15) is 6.04 Å². The van der Waals surface area contributed by atoms with E-state index in [4.69, 9.17) is 16.2 Å². The first kappa shape index (κ1) is 29.3. The van der Waals surface area contributed by atoms with Gasteiger partial charge in [-0.2, -0.15) is 0 Å². The minimum absolute atomic E-state index is 0.0297. The van der Waals surface area contributed by atoms with Crippen LogP contribution < -0.4 is 21.7 Å². The van der Waals surface area contributed by atoms with E-state index in [9.17, 15) is 19.2 Å². The molecule has 0 saturated carbocycles. The van der Waals surface area contributed by atoms with Gasteiger partial charge in [-0.15, -0.1) is 0 Å². The minimum atomic E-state index is -0.621. The van der Waals surface area contributed by atoms with Gasteiger partial charge in [0.05, 0.1) is 24.9 Å². The number of carbonyl (C=O) groups excluding carboxylic acids is 4. The van der Waals surface area contributed by atoms with Crippen LogP contribution in [-0.2, 0) is 49.8 Å². The van der Waals surface area contributed by atoms with E-state index in [-0.39, 0.29) is 30.7 Å². The molecule has 9 nitrogen and oxygen atoms in total. The number of anilines is 1. The summed E-state index contributed by atoms with van der Waals surface area (Å²) >= 11 is 0. The number of para-hydroxylation sites is 1. The van der Waals surface area contributed by atoms with Crippen LogP contribution >= 0.6 is 0 Å². The van der Waals surface area contributed by atoms with E-state index >= 15 is 0 Å². The number of hydrogen-bond donors (Lipinski definition) is 3. The normalized spacial score (nSPS) is 16.6. The van der Waals surface area contributed by atoms with E-state index in [1.165, 1.54) is 0 Å². The largest absolute Gasteiger partial charge is 0.375 e. The number of aryl methyl sites for hydroxylation is 2. The molecule has 2 heterocycles. The van der Waals surface area contributed by atoms with Crippen molar-refractivity contribution < 1.29 is 23.9 Å². The highest BCUT2D eigenvalue weighted by atomic mass is 16.5. The first-order valence-electron chi connectivity index (χ1n) is 14.7. The lowest BCUT2D eigenvalue weighted by atomic mass is 10.0. The van der Waals surface area contributed by atoms with Gasteiger partial charge >= 0.3 is 0 Å². The lowest BCUT2D eigenvalue weighted by Gasteiger charge is -2.27. The zero-order valence-corrected chi connectivity index (χ0v) is 23.8. The zero-order chi connectivity index (χ0) is 29.6. The van der Waals surface area contributed by atoms with Crippen LogP contribution in [0.4, 0.5) is 5.69 Å². The molecular weight excluding hydrogens is 532 g/mol. The molecule has 2 atom stereocenters. The molecule has 0 bridgehead atoms. The summed E-state index contributed by atoms with van der Waals surface area (Å²) in [7, 11) is 0. The minimum Gasteiger partial charge on any atom is -0.375 e. The second-order valence-electron chi connectivity index (χ2n) is 11.3. The Hall–Kier alpha value is -4.24. The number of nitrogens with two attached hydrogens (primary N) is 2. The molecule has 3 aromatic rings. The third-order valence-corrected chi connectivity index (χ3v) is 8.11. The molecule has 5 N–H and O–H groups in total. The Bertz CT molecular complexity index is 1500. The van der Waals surface area contributed by atoms with Gasteiger partial charge in [-0.1, -0.05) is 48.5 Å². The molecule has 0 unspecified atom stereocenters. The number of nitrogens with one attached hydrogen (secondary N) is 1. The molecular formula is C33H38N4O5. The lowest BCUT2D eigenvalue weighted by Crippen LogP contribution is -2.51. The highest BCUT2D eigenvalue weighted by Crippen LogP contribution is 2.39. The van der Waals surface area contributed by atoms with Crippen LogP contribution in [0.25, 0.3) is 10.8 Å². The smallest absolute Gasteiger partial charge is 0.243 e. The van der Waals surface area contributed by atoms with Crippen LogP contribution in [0.15, 0.2) is 54.6 Å². The summed E-state index contributed by atoms with van der Waals surface area (Å²) in [5.74, 6) is -1.01. The Labute approximate surface area is 245 Å². The number of carbonyl (C=O) groups is 4. The maximum Gasteiger partial charge on any atom is 0.243 e. The highest BCUT2D eigenvalue weighted by Gasteiger charge is 2.41. The van der Waals surface area contributed by atoms with Gasteiger partial charge in [0, 0.05) is 25.7 Å². The molecule has 0 aliphatic carbocycles. The molecule has 0 aromatic heterocycles. The van der Waals surface area contributed by atoms with E-state index < -0.39 is 18.0 Å². The fourth-order valence-corrected chi connectivity index (χ4v) is 6.02. The summed E-state index contributed by atoms with van der Waals surface area (Å²) in [5.41, 5.74) is 15.8. The van der Waals surface area contributed by atoms with E-state index in [0.717, 1.165) is 64.4 Å². The van der Waals surface area contributed by atoms with E-state index in [2.05, 4.69) is 29.6 Å². The van der Waals surface area contributed by atoms with Crippen molar-refractivity contribution in [1.29, 1.82) is 0 Å². The number of primary amides is 2. The van der Waals surface area contributed by atoms with Gasteiger partial charge < -0.3 is 21.5 Å². The fraction of sp³-hybridized carbons (Fsp3) is 0.394. The SMILES string of the molecule is NC(=O)CCCc1ccc2cc(COC[C@H](CCC(N)=O)NC(=O)[C@@H]3Cc4cccc5c4N3C(=O)CCC5)ccc2c1. The van der Waals surface area contributed by atoms with Crippen molar-refractivity contribution in [2.75, 3.05) is 11.5 Å². The number of nitrogens with zero attached hydrogens (tertiary/aromatic N) is 1. The molecule has 9 heteroatoms. The van der Waals surface area contributed by atoms with Crippen LogP contribution in [0.5, 0.6) is 0 Å². The molecule has 0 spiro atoms. The molecule has 42 heavy (non-hydrogen) atoms. The Morgan fingerprint density at radius 2 is 1.64 bits per heavy atom. The molecule has 220 valence electrons. The summed E-state index contributed by atoms with van der Waals surface area (Å²) in [6.45, 7) is 0.539. The quantitative estimate of drug-likeness (QED) is 0.289. The topological polar surface area (TPSA) is 145 Å². The molecule has 5 rings (SSSR count). The van der Waals surface area contributed by atoms with Crippen LogP contribution in [0.2, 0.25) is 0 Å². The number of amides is 4. The Balaban J connectivity index is 1.21. The average Bonchev–Trinajstić information content (AvgIpc) is 3.28. The Morgan fingerprint density at radius 3 is 2.40 bits per heavy atom. The molecule has 0 radical (unpaired) electrons. The third kappa shape index (κ3) is 6.97. The van der Waals surface area contributed by atoms with Crippen LogP contribution in [0.1, 0.15) is 60.8 Å². The van der Waals surface area contributed by atoms with Crippen molar-refractivity contribution in [3.05, 3.63) is 76.9 Å². The third-order valence-electron chi connectivity index (χ3n) is 8.11. The maximum atomic E-state index is 13.5. The average molecular weight is 571 g/mol. The van der Waals surface area contributed by atoms with Gasteiger partial charge in [0.15, 0.2) is 0 Å². The van der Waals surface area contributed by atoms with Crippen molar-refractivity contribution in [1.82, 2.24) is 5.32 Å². The second-order valence-corrected chi connectivity index (χ2v) is 11.3. The maximum absolute atomic E-state index is 13.5. The van der Waals surface area contributed by atoms with Gasteiger partial charge in [0.2, 0.25) is 23.6 Å². The molecule has 4 amide bonds. The van der Waals surface area contributed by atoms with E-state index in [1.54, 1.807) is 4.90 Å². The number of rotatable bonds is 13. The fourth-order valence-electron chi connectivity index (χ4n) is 6.02. The van der Waals surface area contributed by atoms with Crippen LogP contribution in [-0.4, -0.2) is 42.3 Å². The molecule has 0 saturated heterocycles. The first-order valence-corrected chi connectivity index (χ1v) is 14.7. The lowest BCUT2D eigenvalue weighted by molar-refractivity contribution is -0.127. The summed E-state index contributed by atoms with van der Waals surface area (Å²) in [6.07, 6.45) is 4.82. The summed E-state index contributed by atoms with van der Waals surface area (Å²) in [4.78, 5) is 50.8. The summed E-state index contributed by atoms with van der Waals surface area (Å²) < 4.78 is 6.02. The van der Waals surface area contributed by atoms with Crippen molar-refractivity contribution in [2.24, 2.45) is 11.5 Å². The van der Waals surface area contributed by atoms with Crippen LogP contribution in [0, 0.1) is 0 Å². The van der Waals surface area contributed by atoms with Crippen molar-refractivity contribution in [3.63, 3.8) is 0 Å². The second kappa shape index (κ2) is 13.2. The van der Waals surface area contributed by atoms with Crippen molar-refractivity contribution in [3.8, 4) is 0 Å². The van der Waals surface area contributed by atoms with Gasteiger partial charge in [-0.25, -0.2) is 0 Å². The van der Waals surface area contributed by atoms with Gasteiger partial charge in [0.25, 0.3) is 0 Å². The van der Waals surface area contributed by atoms with Crippen molar-refractivity contribution >= 4 is 40.1 Å². The first-order chi connectivity index (χ1) is 20.3. The van der Waals surface area contributed by atoms with Gasteiger partial charge in [-0.3, -0.25) is 24.1 Å². The Kier molecular flexibility index (Phi) is 9.17. The number of hydrogen-bond acceptors (Lipinski definition) is 5. The van der Waals surface area contributed by atoms with E-state index in [0.29, 0.717) is 32.3 Å². The zero-order valence-electron chi connectivity index (χ0n) is 23.8. The molecule has 2 aliphatic rings. The summed E-state index contributed by atoms with van der Waals surface area (Å²) in [6, 6.07) is 17.3. The number of benzene rings is 3. The standard InChI is InChI=1S/C33H38N4O5/c34-29(38)8-1-4-21-10-12-25-17-22(11-13-24(25)16-21)19-42-20-27(14-15-30(35)39)36-33(41)28-18-26-7-2-5-23-6-3-9-31(40)37(28)32(23)26/h2,5,7,10-13,16-17,27-28H,1,3-4,6,8-9,14-15,18-20H2,(H2,34,38)(H2,35,39)(H,36,41)/t27-,28-/m0/s1. The Morgan fingerprint density at radius 1 is 0.929 bits per heavy atom. The predicted molar refractivity (Wildman–Crippen MR) is 160 cm³/mol. The molecule has 2 aliphatic heterocycles. The molecule has 0 fully saturated rings.